The first-order valence-corrected chi connectivity index (χ1v) is 31.2. The molecule has 0 radical (unpaired) electrons. The lowest BCUT2D eigenvalue weighted by Gasteiger charge is -2.42. The van der Waals surface area contributed by atoms with E-state index in [0.29, 0.717) is 61.2 Å². The first-order valence-electron chi connectivity index (χ1n) is 30.4. The minimum Gasteiger partial charge on any atom is -0.462 e. The van der Waals surface area contributed by atoms with Crippen molar-refractivity contribution in [2.24, 2.45) is 5.41 Å². The fourth-order valence-electron chi connectivity index (χ4n) is 12.8. The van der Waals surface area contributed by atoms with Crippen molar-refractivity contribution in [2.75, 3.05) is 63.2 Å². The Morgan fingerprint density at radius 1 is 0.879 bits per heavy atom. The summed E-state index contributed by atoms with van der Waals surface area (Å²) in [6, 6.07) is 10.4. The number of nitrogens with zero attached hydrogens (tertiary/aromatic N) is 7. The molecule has 4 amide bonds. The van der Waals surface area contributed by atoms with Crippen LogP contribution in [0.1, 0.15) is 116 Å². The number of β-amino-alcohol motifs (C(OH)–C–C–N with tert-alkyl or cyclic N) is 1. The molecule has 0 spiro atoms. The number of amides is 4. The summed E-state index contributed by atoms with van der Waals surface area (Å²) in [6.45, 7) is 13.8. The van der Waals surface area contributed by atoms with Gasteiger partial charge in [-0.3, -0.25) is 24.2 Å². The van der Waals surface area contributed by atoms with Gasteiger partial charge in [0.1, 0.15) is 64.1 Å². The molecule has 2 aromatic heterocycles. The molecule has 4 fully saturated rings. The summed E-state index contributed by atoms with van der Waals surface area (Å²) in [5.74, 6) is -5.30. The number of halogens is 7. The van der Waals surface area contributed by atoms with E-state index in [4.69, 9.17) is 24.9 Å². The second-order valence-electron chi connectivity index (χ2n) is 25.8. The average Bonchev–Trinajstić information content (AvgIpc) is 1.70. The molecule has 0 saturated carbocycles. The zero-order valence-electron chi connectivity index (χ0n) is 51.5. The standard InChI is InChI=1S/C65H73F7N10O8S/c1-34(35-14-16-36(17-15-35)50-45(66)12-8-13-46(50)67)75-59(85)48-27-40(83)32-81(48)60(86)56(63(2,3)4)76-49(84)22-26-88-25-10-24-79-23-9-11-39(79)33-89-61-77-54-42(58(78-61)80-30-37-18-19-38(31-80)82(37)62(87)90-64(5,6)7)28-44(65(70,71)72)52(53(54)69)41-20-21-47(68)55-51(41)43(29-73)57(74)91-55/h8,12-17,20-21,28,34,37-40,48,56,83H,9-11,18-19,22-27,30-33,74H2,1-7H3,(H,75,85)(H,76,84)/t34-,37?,38?,39-,40+,48-,56+/m0/s1. The molecular formula is C65H73F7N10O8S. The molecule has 91 heavy (non-hydrogen) atoms. The molecule has 486 valence electrons. The number of ether oxygens (including phenoxy) is 3. The molecule has 4 aliphatic heterocycles. The molecule has 4 aliphatic rings. The van der Waals surface area contributed by atoms with Crippen molar-refractivity contribution in [1.29, 1.82) is 5.26 Å². The smallest absolute Gasteiger partial charge is 0.417 e. The van der Waals surface area contributed by atoms with E-state index in [-0.39, 0.29) is 102 Å². The number of rotatable bonds is 18. The van der Waals surface area contributed by atoms with Crippen LogP contribution in [-0.2, 0) is 30.0 Å². The van der Waals surface area contributed by atoms with E-state index in [9.17, 15) is 38.3 Å². The molecule has 5 N–H and O–H groups in total. The number of alkyl halides is 3. The monoisotopic (exact) mass is 1290 g/mol. The van der Waals surface area contributed by atoms with E-state index >= 15 is 22.0 Å². The van der Waals surface area contributed by atoms with Gasteiger partial charge in [0.2, 0.25) is 17.7 Å². The van der Waals surface area contributed by atoms with Gasteiger partial charge in [-0.1, -0.05) is 57.2 Å². The third kappa shape index (κ3) is 14.1. The van der Waals surface area contributed by atoms with Crippen molar-refractivity contribution in [3.8, 4) is 34.3 Å². The lowest BCUT2D eigenvalue weighted by atomic mass is 9.85. The Balaban J connectivity index is 0.781. The van der Waals surface area contributed by atoms with Crippen LogP contribution in [0.15, 0.2) is 60.7 Å². The van der Waals surface area contributed by atoms with Crippen LogP contribution in [0.4, 0.5) is 46.3 Å². The molecule has 6 aromatic rings. The number of likely N-dealkylation sites (tertiary alicyclic amines) is 2. The number of carbonyl (C=O) groups is 4. The van der Waals surface area contributed by atoms with Crippen LogP contribution < -0.4 is 26.0 Å². The van der Waals surface area contributed by atoms with Gasteiger partial charge in [-0.15, -0.1) is 11.3 Å². The zero-order valence-corrected chi connectivity index (χ0v) is 52.3. The number of hydrogen-bond donors (Lipinski definition) is 4. The van der Waals surface area contributed by atoms with Crippen LogP contribution >= 0.6 is 11.3 Å². The predicted molar refractivity (Wildman–Crippen MR) is 328 cm³/mol. The molecule has 6 heterocycles. The number of nitrogen functional groups attached to an aromatic ring is 1. The van der Waals surface area contributed by atoms with Gasteiger partial charge >= 0.3 is 18.3 Å². The van der Waals surface area contributed by atoms with Gasteiger partial charge in [0.25, 0.3) is 0 Å². The number of aliphatic hydroxyl groups excluding tert-OH is 1. The maximum absolute atomic E-state index is 17.7. The Labute approximate surface area is 525 Å². The first-order chi connectivity index (χ1) is 43.0. The lowest BCUT2D eigenvalue weighted by molar-refractivity contribution is -0.144. The van der Waals surface area contributed by atoms with Gasteiger partial charge in [0, 0.05) is 68.0 Å². The normalized spacial score (nSPS) is 20.3. The molecule has 4 saturated heterocycles. The van der Waals surface area contributed by atoms with Crippen LogP contribution in [0, 0.1) is 40.0 Å². The quantitative estimate of drug-likeness (QED) is 0.0464. The zero-order chi connectivity index (χ0) is 65.6. The van der Waals surface area contributed by atoms with Crippen molar-refractivity contribution < 1.29 is 69.2 Å². The fraction of sp³-hybridized carbons (Fsp3) is 0.492. The minimum absolute atomic E-state index is 0.00377. The van der Waals surface area contributed by atoms with E-state index in [0.717, 1.165) is 36.8 Å². The number of hydrogen-bond acceptors (Lipinski definition) is 15. The first kappa shape index (κ1) is 66.1. The molecule has 26 heteroatoms. The average molecular weight is 1290 g/mol. The molecule has 10 rings (SSSR count). The van der Waals surface area contributed by atoms with Crippen LogP contribution in [-0.4, -0.2) is 148 Å². The van der Waals surface area contributed by atoms with E-state index in [1.54, 1.807) is 82.5 Å². The van der Waals surface area contributed by atoms with Crippen molar-refractivity contribution in [1.82, 2.24) is 35.3 Å². The number of thiophene rings is 1. The van der Waals surface area contributed by atoms with E-state index in [2.05, 4.69) is 20.5 Å². The van der Waals surface area contributed by atoms with E-state index in [1.165, 1.54) is 11.0 Å². The number of benzene rings is 4. The van der Waals surface area contributed by atoms with Gasteiger partial charge in [-0.25, -0.2) is 22.4 Å². The summed E-state index contributed by atoms with van der Waals surface area (Å²) in [6.07, 6.45) is -3.72. The maximum atomic E-state index is 17.7. The number of nitrogens with one attached hydrogen (secondary N) is 2. The highest BCUT2D eigenvalue weighted by Crippen LogP contribution is 2.49. The van der Waals surface area contributed by atoms with Crippen molar-refractivity contribution in [3.63, 3.8) is 0 Å². The van der Waals surface area contributed by atoms with E-state index < -0.39 is 123 Å². The highest BCUT2D eigenvalue weighted by atomic mass is 32.1. The number of carbonyl (C=O) groups excluding carboxylic acids is 4. The Hall–Kier alpha value is -7.86. The molecule has 7 atom stereocenters. The molecule has 2 unspecified atom stereocenters. The molecule has 2 bridgehead atoms. The maximum Gasteiger partial charge on any atom is 0.417 e. The largest absolute Gasteiger partial charge is 0.462 e. The molecule has 0 aliphatic carbocycles. The second kappa shape index (κ2) is 26.4. The topological polar surface area (TPSA) is 229 Å². The van der Waals surface area contributed by atoms with Gasteiger partial charge in [0.05, 0.1) is 52.2 Å². The highest BCUT2D eigenvalue weighted by Gasteiger charge is 2.47. The lowest BCUT2D eigenvalue weighted by Crippen LogP contribution is -2.58. The van der Waals surface area contributed by atoms with Crippen LogP contribution in [0.2, 0.25) is 0 Å². The van der Waals surface area contributed by atoms with Crippen molar-refractivity contribution in [3.05, 3.63) is 101 Å². The number of nitrogens with two attached hydrogens (primary N) is 1. The summed E-state index contributed by atoms with van der Waals surface area (Å²) in [4.78, 5) is 71.0. The summed E-state index contributed by atoms with van der Waals surface area (Å²) in [7, 11) is 0. The number of fused-ring (bicyclic) bond motifs is 4. The summed E-state index contributed by atoms with van der Waals surface area (Å²) in [5, 5.41) is 25.8. The molecular weight excluding hydrogens is 1210 g/mol. The third-order valence-electron chi connectivity index (χ3n) is 17.2. The van der Waals surface area contributed by atoms with Gasteiger partial charge in [0.15, 0.2) is 5.82 Å². The van der Waals surface area contributed by atoms with Crippen LogP contribution in [0.25, 0.3) is 43.2 Å². The third-order valence-corrected chi connectivity index (χ3v) is 18.2. The Morgan fingerprint density at radius 3 is 2.22 bits per heavy atom. The van der Waals surface area contributed by atoms with Gasteiger partial charge in [-0.05, 0) is 113 Å². The number of aromatic nitrogens is 2. The Kier molecular flexibility index (Phi) is 19.2. The van der Waals surface area contributed by atoms with Gasteiger partial charge < -0.3 is 45.5 Å². The minimum atomic E-state index is -5.18. The summed E-state index contributed by atoms with van der Waals surface area (Å²) >= 11 is 0.659. The Bertz CT molecular complexity index is 3760. The molecule has 18 nitrogen and oxygen atoms in total. The fourth-order valence-corrected chi connectivity index (χ4v) is 13.8. The summed E-state index contributed by atoms with van der Waals surface area (Å²) < 4.78 is 126. The van der Waals surface area contributed by atoms with Crippen LogP contribution in [0.5, 0.6) is 6.01 Å². The Morgan fingerprint density at radius 2 is 1.57 bits per heavy atom. The summed E-state index contributed by atoms with van der Waals surface area (Å²) in [5.41, 5.74) is 1.60. The van der Waals surface area contributed by atoms with Crippen molar-refractivity contribution >= 4 is 67.0 Å². The number of nitriles is 1. The number of anilines is 2. The van der Waals surface area contributed by atoms with Crippen molar-refractivity contribution in [2.45, 2.75) is 148 Å². The van der Waals surface area contributed by atoms with E-state index in [1.807, 2.05) is 6.07 Å². The SMILES string of the molecule is C[C@H](NC(=O)[C@@H]1C[C@@H](O)CN1C(=O)[C@@H](NC(=O)CCOCCCN1CCC[C@H]1COc1nc(N2CC3CCC(C2)N3C(=O)OC(C)(C)C)c2cc(C(F)(F)F)c(-c3ccc(F)c4sc(N)c(C#N)c34)c(F)c2n1)C(C)(C)C)c1ccc(-c2c(F)cccc2F)cc1. The predicted octanol–water partition coefficient (Wildman–Crippen LogP) is 10.8. The molecule has 4 aromatic carbocycles. The van der Waals surface area contributed by atoms with Gasteiger partial charge in [-0.2, -0.15) is 28.4 Å². The highest BCUT2D eigenvalue weighted by molar-refractivity contribution is 7.23. The number of aliphatic hydroxyl groups is 1. The van der Waals surface area contributed by atoms with Crippen LogP contribution in [0.3, 0.4) is 0 Å². The second-order valence-corrected chi connectivity index (χ2v) is 26.9. The number of piperazine rings is 1.